The van der Waals surface area contributed by atoms with Crippen LogP contribution in [0.2, 0.25) is 0 Å². The van der Waals surface area contributed by atoms with Gasteiger partial charge in [-0.1, -0.05) is 0 Å². The third-order valence-electron chi connectivity index (χ3n) is 8.54. The van der Waals surface area contributed by atoms with Gasteiger partial charge in [-0.2, -0.15) is 4.98 Å². The first-order chi connectivity index (χ1) is 18.2. The SMILES string of the molecule is BC(B)(B)Oc1ccc2cc(-c3nc4cc(C(=O)N5C[C@H]6CC[C@@H]5[C@@H]6N)ccc4n3C)n(CC3CC3)c2n1. The number of nitrogens with zero attached hydrogens (tertiary/aromatic N) is 5. The number of benzene rings is 1. The highest BCUT2D eigenvalue weighted by molar-refractivity contribution is 6.58. The van der Waals surface area contributed by atoms with Crippen LogP contribution in [-0.4, -0.2) is 77.4 Å². The number of imidazole rings is 1. The molecule has 192 valence electrons. The molecule has 38 heavy (non-hydrogen) atoms. The lowest BCUT2D eigenvalue weighted by atomic mass is 9.52. The smallest absolute Gasteiger partial charge is 0.254 e. The first-order valence-electron chi connectivity index (χ1n) is 13.9. The van der Waals surface area contributed by atoms with E-state index in [0.29, 0.717) is 23.3 Å². The van der Waals surface area contributed by atoms with Crippen LogP contribution in [0.3, 0.4) is 0 Å². The van der Waals surface area contributed by atoms with Crippen molar-refractivity contribution in [2.24, 2.45) is 24.6 Å². The van der Waals surface area contributed by atoms with Crippen LogP contribution in [0.5, 0.6) is 5.88 Å². The van der Waals surface area contributed by atoms with Crippen LogP contribution in [0.25, 0.3) is 33.6 Å². The molecule has 2 aliphatic carbocycles. The second-order valence-corrected chi connectivity index (χ2v) is 12.5. The van der Waals surface area contributed by atoms with Gasteiger partial charge >= 0.3 is 0 Å². The van der Waals surface area contributed by atoms with E-state index in [1.807, 2.05) is 59.8 Å². The highest BCUT2D eigenvalue weighted by Crippen LogP contribution is 2.39. The molecule has 2 N–H and O–H groups in total. The average Bonchev–Trinajstić information content (AvgIpc) is 3.29. The third-order valence-corrected chi connectivity index (χ3v) is 8.54. The summed E-state index contributed by atoms with van der Waals surface area (Å²) in [4.78, 5) is 25.4. The molecular formula is C27H33B3N6O2. The Morgan fingerprint density at radius 3 is 2.61 bits per heavy atom. The van der Waals surface area contributed by atoms with Crippen LogP contribution in [-0.2, 0) is 13.6 Å². The molecule has 3 aromatic heterocycles. The zero-order valence-electron chi connectivity index (χ0n) is 22.6. The molecule has 2 saturated carbocycles. The Kier molecular flexibility index (Phi) is 5.28. The minimum Gasteiger partial charge on any atom is -0.499 e. The van der Waals surface area contributed by atoms with E-state index in [0.717, 1.165) is 59.5 Å². The number of fused-ring (bicyclic) bond motifs is 4. The van der Waals surface area contributed by atoms with Crippen molar-refractivity contribution >= 4 is 51.5 Å². The number of ether oxygens (including phenoxy) is 1. The van der Waals surface area contributed by atoms with Gasteiger partial charge in [0.05, 0.1) is 16.7 Å². The summed E-state index contributed by atoms with van der Waals surface area (Å²) < 4.78 is 10.5. The van der Waals surface area contributed by atoms with Gasteiger partial charge in [-0.25, -0.2) is 4.98 Å². The maximum absolute atomic E-state index is 13.4. The maximum atomic E-state index is 13.4. The fourth-order valence-corrected chi connectivity index (χ4v) is 6.42. The molecule has 1 aliphatic heterocycles. The van der Waals surface area contributed by atoms with Gasteiger partial charge in [-0.3, -0.25) is 4.79 Å². The van der Waals surface area contributed by atoms with Crippen molar-refractivity contribution in [2.45, 2.75) is 49.6 Å². The molecule has 0 unspecified atom stereocenters. The number of aromatic nitrogens is 4. The lowest BCUT2D eigenvalue weighted by molar-refractivity contribution is 0.0701. The molecule has 3 atom stereocenters. The van der Waals surface area contributed by atoms with Crippen molar-refractivity contribution in [3.05, 3.63) is 42.0 Å². The Hall–Kier alpha value is -3.20. The monoisotopic (exact) mass is 506 g/mol. The van der Waals surface area contributed by atoms with Gasteiger partial charge in [0.15, 0.2) is 5.82 Å². The van der Waals surface area contributed by atoms with E-state index in [2.05, 4.69) is 21.3 Å². The van der Waals surface area contributed by atoms with Crippen molar-refractivity contribution in [2.75, 3.05) is 6.54 Å². The van der Waals surface area contributed by atoms with E-state index >= 15 is 0 Å². The van der Waals surface area contributed by atoms with Crippen molar-refractivity contribution in [1.29, 1.82) is 0 Å². The zero-order valence-corrected chi connectivity index (χ0v) is 22.6. The number of piperidine rings is 1. The largest absolute Gasteiger partial charge is 0.499 e. The summed E-state index contributed by atoms with van der Waals surface area (Å²) >= 11 is 0. The summed E-state index contributed by atoms with van der Waals surface area (Å²) in [7, 11) is 8.16. The first kappa shape index (κ1) is 23.9. The van der Waals surface area contributed by atoms with Gasteiger partial charge < -0.3 is 24.5 Å². The second-order valence-electron chi connectivity index (χ2n) is 12.5. The third kappa shape index (κ3) is 3.94. The second kappa shape index (κ2) is 8.40. The molecule has 1 aromatic carbocycles. The summed E-state index contributed by atoms with van der Waals surface area (Å²) in [5, 5.41) is 0.758. The fraction of sp³-hybridized carbons (Fsp3) is 0.444. The summed E-state index contributed by atoms with van der Waals surface area (Å²) in [6, 6.07) is 12.4. The molecule has 7 rings (SSSR count). The number of pyridine rings is 1. The van der Waals surface area contributed by atoms with E-state index in [1.54, 1.807) is 0 Å². The summed E-state index contributed by atoms with van der Waals surface area (Å²) in [5.41, 5.74) is 10.9. The molecule has 0 spiro atoms. The number of carbonyl (C=O) groups is 1. The molecule has 1 saturated heterocycles. The van der Waals surface area contributed by atoms with Crippen LogP contribution >= 0.6 is 0 Å². The number of amides is 1. The van der Waals surface area contributed by atoms with Gasteiger partial charge in [-0.05, 0) is 67.9 Å². The van der Waals surface area contributed by atoms with E-state index in [1.165, 1.54) is 12.8 Å². The fourth-order valence-electron chi connectivity index (χ4n) is 6.42. The van der Waals surface area contributed by atoms with Crippen molar-refractivity contribution in [3.8, 4) is 17.4 Å². The molecule has 3 fully saturated rings. The van der Waals surface area contributed by atoms with E-state index in [-0.39, 0.29) is 23.3 Å². The maximum Gasteiger partial charge on any atom is 0.254 e. The Morgan fingerprint density at radius 1 is 1.11 bits per heavy atom. The van der Waals surface area contributed by atoms with Crippen LogP contribution in [0.4, 0.5) is 0 Å². The molecule has 11 heteroatoms. The van der Waals surface area contributed by atoms with Crippen molar-refractivity contribution in [3.63, 3.8) is 0 Å². The lowest BCUT2D eigenvalue weighted by Crippen LogP contribution is -2.41. The van der Waals surface area contributed by atoms with Crippen LogP contribution in [0.15, 0.2) is 36.4 Å². The predicted octanol–water partition coefficient (Wildman–Crippen LogP) is 0.451. The number of likely N-dealkylation sites (tertiary alicyclic amines) is 1. The number of hydrogen-bond acceptors (Lipinski definition) is 5. The molecular weight excluding hydrogens is 473 g/mol. The van der Waals surface area contributed by atoms with Crippen LogP contribution < -0.4 is 10.5 Å². The summed E-state index contributed by atoms with van der Waals surface area (Å²) in [6.07, 6.45) is 4.63. The van der Waals surface area contributed by atoms with Gasteiger partial charge in [0.2, 0.25) is 5.88 Å². The quantitative estimate of drug-likeness (QED) is 0.384. The van der Waals surface area contributed by atoms with E-state index in [9.17, 15) is 4.79 Å². The Labute approximate surface area is 225 Å². The van der Waals surface area contributed by atoms with Gasteiger partial charge in [0.1, 0.15) is 29.2 Å². The average molecular weight is 506 g/mol. The van der Waals surface area contributed by atoms with E-state index in [4.69, 9.17) is 20.4 Å². The minimum absolute atomic E-state index is 0.0696. The molecule has 8 nitrogen and oxygen atoms in total. The predicted molar refractivity (Wildman–Crippen MR) is 157 cm³/mol. The highest BCUT2D eigenvalue weighted by Gasteiger charge is 2.46. The van der Waals surface area contributed by atoms with Gasteiger partial charge in [0.25, 0.3) is 5.91 Å². The van der Waals surface area contributed by atoms with Gasteiger partial charge in [0, 0.05) is 54.5 Å². The topological polar surface area (TPSA) is 91.2 Å². The summed E-state index contributed by atoms with van der Waals surface area (Å²) in [5.74, 6) is 2.68. The van der Waals surface area contributed by atoms with Crippen molar-refractivity contribution < 1.29 is 9.53 Å². The molecule has 0 radical (unpaired) electrons. The number of rotatable bonds is 6. The van der Waals surface area contributed by atoms with Gasteiger partial charge in [-0.15, -0.1) is 0 Å². The number of hydrogen-bond donors (Lipinski definition) is 1. The van der Waals surface area contributed by atoms with E-state index < -0.39 is 0 Å². The highest BCUT2D eigenvalue weighted by atomic mass is 16.5. The lowest BCUT2D eigenvalue weighted by Gasteiger charge is -2.27. The molecule has 4 heterocycles. The van der Waals surface area contributed by atoms with Crippen molar-refractivity contribution in [1.82, 2.24) is 24.0 Å². The van der Waals surface area contributed by atoms with Crippen LogP contribution in [0.1, 0.15) is 36.0 Å². The number of aryl methyl sites for hydroxylation is 1. The first-order valence-corrected chi connectivity index (χ1v) is 13.9. The molecule has 2 bridgehead atoms. The number of carbonyl (C=O) groups excluding carboxylic acids is 1. The minimum atomic E-state index is -0.316. The zero-order chi connectivity index (χ0) is 26.3. The Balaban J connectivity index is 1.28. The Bertz CT molecular complexity index is 1590. The normalized spacial score (nSPS) is 23.1. The standard InChI is InChI=1S/C27H33B3N6O2/c1-34-19-7-4-16(26(37)36-13-17-5-8-20(36)23(17)31)10-18(19)32-25(34)21-11-15-6-9-22(38-27(28,29)30)33-24(15)35(21)12-14-2-3-14/h4,6-7,9-11,14,17,20,23H,2-3,5,8,12-13,28-31H2,1H3/t17-,20-,23-/m1/s1. The molecule has 1 amide bonds. The molecule has 3 aliphatic rings. The van der Waals surface area contributed by atoms with Crippen LogP contribution in [0, 0.1) is 11.8 Å². The Morgan fingerprint density at radius 2 is 1.92 bits per heavy atom. The summed E-state index contributed by atoms with van der Waals surface area (Å²) in [6.45, 7) is 1.68. The molecule has 4 aromatic rings. The number of nitrogens with two attached hydrogens (primary N) is 1.